The molecule has 328 valence electrons. The molecule has 64 heavy (non-hydrogen) atoms. The Kier molecular flexibility index (Phi) is 10.6. The van der Waals surface area contributed by atoms with E-state index in [0.29, 0.717) is 46.3 Å². The van der Waals surface area contributed by atoms with Gasteiger partial charge in [-0.2, -0.15) is 0 Å². The van der Waals surface area contributed by atoms with Crippen LogP contribution in [0.2, 0.25) is 0 Å². The van der Waals surface area contributed by atoms with E-state index >= 15 is 9.59 Å². The SMILES string of the molecule is CC[C@H]1CN2CC[C@H]1C[C@@H]2[C@H](Oc1ccc(O[C@H](c2ccnc3ccc(OC)cc23)[C@H]2C[C@@H]3CCN2C[C@@H]3CC)c2c1C(=O)c1ccccc1C2=O)c1ccnc2ccc(OC)cc12. The number of pyridine rings is 2. The molecule has 4 aromatic carbocycles. The first-order valence-electron chi connectivity index (χ1n) is 23.4. The Labute approximate surface area is 374 Å². The lowest BCUT2D eigenvalue weighted by atomic mass is 9.72. The fraction of sp³-hybridized carbons (Fsp3) is 0.407. The number of benzene rings is 4. The third kappa shape index (κ3) is 6.83. The van der Waals surface area contributed by atoms with Gasteiger partial charge in [-0.1, -0.05) is 51.0 Å². The highest BCUT2D eigenvalue weighted by Gasteiger charge is 2.47. The summed E-state index contributed by atoms with van der Waals surface area (Å²) < 4.78 is 26.3. The van der Waals surface area contributed by atoms with Gasteiger partial charge in [-0.15, -0.1) is 0 Å². The minimum absolute atomic E-state index is 0.0377. The van der Waals surface area contributed by atoms with Crippen LogP contribution in [-0.2, 0) is 0 Å². The number of rotatable bonds is 12. The van der Waals surface area contributed by atoms with Crippen molar-refractivity contribution in [2.45, 2.75) is 76.7 Å². The highest BCUT2D eigenvalue weighted by molar-refractivity contribution is 6.30. The molecule has 10 atom stereocenters. The van der Waals surface area contributed by atoms with Crippen molar-refractivity contribution >= 4 is 33.4 Å². The number of aromatic nitrogens is 2. The van der Waals surface area contributed by atoms with Crippen molar-refractivity contribution in [3.05, 3.63) is 131 Å². The van der Waals surface area contributed by atoms with Gasteiger partial charge in [0.15, 0.2) is 11.6 Å². The van der Waals surface area contributed by atoms with Crippen LogP contribution < -0.4 is 18.9 Å². The van der Waals surface area contributed by atoms with Crippen LogP contribution in [0.25, 0.3) is 21.8 Å². The standard InChI is InChI=1S/C54H56N4O6/c1-5-31-29-57-23-19-33(31)25-45(57)53(39-17-21-55-43-13-11-35(61-3)27-41(39)43)63-47-15-16-48(50-49(47)51(59)37-9-7-8-10-38(37)52(50)60)64-54(46-26-34-20-24-58(46)30-32(34)6-2)40-18-22-56-44-14-12-36(62-4)28-42(40)44/h7-18,21-22,27-28,31-34,45-46,53-54H,5-6,19-20,23-26,29-30H2,1-4H3/t31-,32-,33-,34-,45+,46+,53+,54+/m0/s1. The molecule has 6 aromatic rings. The molecule has 10 nitrogen and oxygen atoms in total. The van der Waals surface area contributed by atoms with Crippen molar-refractivity contribution in [1.82, 2.24) is 19.8 Å². The molecule has 2 unspecified atom stereocenters. The van der Waals surface area contributed by atoms with Crippen molar-refractivity contribution in [3.8, 4) is 23.0 Å². The fourth-order valence-electron chi connectivity index (χ4n) is 12.3. The van der Waals surface area contributed by atoms with Gasteiger partial charge in [0, 0.05) is 58.5 Å². The molecule has 6 saturated heterocycles. The predicted molar refractivity (Wildman–Crippen MR) is 247 cm³/mol. The van der Waals surface area contributed by atoms with Crippen LogP contribution in [0.4, 0.5) is 0 Å². The number of carbonyl (C=O) groups excluding carboxylic acids is 2. The average Bonchev–Trinajstić information content (AvgIpc) is 3.36. The molecule has 7 aliphatic rings. The maximum atomic E-state index is 15.1. The van der Waals surface area contributed by atoms with Crippen LogP contribution in [0.15, 0.2) is 97.3 Å². The zero-order valence-electron chi connectivity index (χ0n) is 37.2. The van der Waals surface area contributed by atoms with Crippen LogP contribution in [0, 0.1) is 23.7 Å². The number of carbonyl (C=O) groups is 2. The van der Waals surface area contributed by atoms with Gasteiger partial charge in [0.1, 0.15) is 35.2 Å². The summed E-state index contributed by atoms with van der Waals surface area (Å²) in [5, 5.41) is 1.88. The second-order valence-electron chi connectivity index (χ2n) is 18.7. The monoisotopic (exact) mass is 856 g/mol. The first-order valence-corrected chi connectivity index (χ1v) is 23.4. The van der Waals surface area contributed by atoms with Crippen molar-refractivity contribution in [2.24, 2.45) is 23.7 Å². The molecule has 6 fully saturated rings. The largest absolute Gasteiger partial charge is 0.497 e. The molecule has 4 bridgehead atoms. The maximum Gasteiger partial charge on any atom is 0.198 e. The van der Waals surface area contributed by atoms with Crippen molar-refractivity contribution in [2.75, 3.05) is 40.4 Å². The van der Waals surface area contributed by atoms with E-state index in [-0.39, 0.29) is 34.8 Å². The van der Waals surface area contributed by atoms with E-state index in [9.17, 15) is 0 Å². The Morgan fingerprint density at radius 2 is 1.06 bits per heavy atom. The van der Waals surface area contributed by atoms with Gasteiger partial charge in [0.05, 0.1) is 48.5 Å². The number of fused-ring (bicyclic) bond motifs is 10. The van der Waals surface area contributed by atoms with Crippen LogP contribution in [0.1, 0.15) is 108 Å². The van der Waals surface area contributed by atoms with E-state index in [0.717, 1.165) is 109 Å². The summed E-state index contributed by atoms with van der Waals surface area (Å²) in [5.74, 6) is 4.15. The smallest absolute Gasteiger partial charge is 0.198 e. The number of hydrogen-bond acceptors (Lipinski definition) is 10. The molecule has 0 amide bonds. The van der Waals surface area contributed by atoms with Crippen LogP contribution in [-0.4, -0.2) is 83.8 Å². The summed E-state index contributed by atoms with van der Waals surface area (Å²) in [6.07, 6.45) is 9.30. The van der Waals surface area contributed by atoms with E-state index in [2.05, 4.69) is 23.6 Å². The van der Waals surface area contributed by atoms with Crippen molar-refractivity contribution in [3.63, 3.8) is 0 Å². The lowest BCUT2D eigenvalue weighted by Gasteiger charge is -2.52. The fourth-order valence-corrected chi connectivity index (χ4v) is 12.3. The molecular weight excluding hydrogens is 801 g/mol. The second-order valence-corrected chi connectivity index (χ2v) is 18.7. The first-order chi connectivity index (χ1) is 31.3. The quantitative estimate of drug-likeness (QED) is 0.118. The zero-order chi connectivity index (χ0) is 43.6. The Bertz CT molecular complexity index is 2600. The molecule has 10 heteroatoms. The number of ether oxygens (including phenoxy) is 4. The zero-order valence-corrected chi connectivity index (χ0v) is 37.2. The van der Waals surface area contributed by atoms with Gasteiger partial charge >= 0.3 is 0 Å². The second kappa shape index (κ2) is 16.6. The van der Waals surface area contributed by atoms with E-state index in [1.807, 2.05) is 85.2 Å². The Balaban J connectivity index is 1.07. The molecule has 0 radical (unpaired) electrons. The van der Waals surface area contributed by atoms with Gasteiger partial charge in [0.2, 0.25) is 0 Å². The minimum Gasteiger partial charge on any atom is -0.497 e. The van der Waals surface area contributed by atoms with Crippen molar-refractivity contribution in [1.29, 1.82) is 0 Å². The Hall–Kier alpha value is -5.84. The van der Waals surface area contributed by atoms with Gasteiger partial charge in [-0.05, 0) is 123 Å². The van der Waals surface area contributed by atoms with Gasteiger partial charge < -0.3 is 18.9 Å². The summed E-state index contributed by atoms with van der Waals surface area (Å²) in [4.78, 5) is 45.0. The van der Waals surface area contributed by atoms with Gasteiger partial charge in [-0.3, -0.25) is 29.4 Å². The van der Waals surface area contributed by atoms with Crippen molar-refractivity contribution < 1.29 is 28.5 Å². The lowest BCUT2D eigenvalue weighted by molar-refractivity contribution is -0.0493. The topological polar surface area (TPSA) is 103 Å². The first kappa shape index (κ1) is 40.9. The molecule has 13 rings (SSSR count). The molecule has 0 saturated carbocycles. The molecule has 8 heterocycles. The Morgan fingerprint density at radius 3 is 1.45 bits per heavy atom. The third-order valence-electron chi connectivity index (χ3n) is 15.7. The summed E-state index contributed by atoms with van der Waals surface area (Å²) in [6.45, 7) is 8.58. The van der Waals surface area contributed by atoms with E-state index in [1.165, 1.54) is 0 Å². The van der Waals surface area contributed by atoms with Crippen LogP contribution in [0.3, 0.4) is 0 Å². The number of piperidine rings is 6. The maximum absolute atomic E-state index is 15.1. The lowest BCUT2D eigenvalue weighted by Crippen LogP contribution is -2.56. The molecule has 0 spiro atoms. The Morgan fingerprint density at radius 1 is 0.609 bits per heavy atom. The molecule has 2 aromatic heterocycles. The number of nitrogens with zero attached hydrogens (tertiary/aromatic N) is 4. The predicted octanol–water partition coefficient (Wildman–Crippen LogP) is 10.1. The highest BCUT2D eigenvalue weighted by atomic mass is 16.5. The third-order valence-corrected chi connectivity index (χ3v) is 15.7. The molecule has 1 aliphatic carbocycles. The van der Waals surface area contributed by atoms with Gasteiger partial charge in [0.25, 0.3) is 0 Å². The number of methoxy groups -OCH3 is 2. The molecule has 0 N–H and O–H groups in total. The summed E-state index contributed by atoms with van der Waals surface area (Å²) in [7, 11) is 3.35. The normalized spacial score (nSPS) is 26.6. The van der Waals surface area contributed by atoms with E-state index < -0.39 is 12.2 Å². The van der Waals surface area contributed by atoms with Crippen LogP contribution in [0.5, 0.6) is 23.0 Å². The average molecular weight is 857 g/mol. The van der Waals surface area contributed by atoms with E-state index in [4.69, 9.17) is 28.9 Å². The van der Waals surface area contributed by atoms with Gasteiger partial charge in [-0.25, -0.2) is 0 Å². The summed E-state index contributed by atoms with van der Waals surface area (Å²) in [5.41, 5.74) is 4.87. The number of hydrogen-bond donors (Lipinski definition) is 0. The summed E-state index contributed by atoms with van der Waals surface area (Å²) in [6, 6.07) is 27.0. The summed E-state index contributed by atoms with van der Waals surface area (Å²) >= 11 is 0. The molecular formula is C54H56N4O6. The van der Waals surface area contributed by atoms with Crippen LogP contribution >= 0.6 is 0 Å². The van der Waals surface area contributed by atoms with E-state index in [1.54, 1.807) is 26.4 Å². The number of ketones is 2. The highest BCUT2D eigenvalue weighted by Crippen LogP contribution is 2.49. The molecule has 6 aliphatic heterocycles. The minimum atomic E-state index is -0.475.